The van der Waals surface area contributed by atoms with Gasteiger partial charge in [-0.1, -0.05) is 6.07 Å². The second-order valence-electron chi connectivity index (χ2n) is 9.22. The molecule has 0 radical (unpaired) electrons. The molecule has 3 aliphatic rings. The minimum Gasteiger partial charge on any atom is -0.480 e. The van der Waals surface area contributed by atoms with E-state index in [1.165, 1.54) is 4.90 Å². The highest BCUT2D eigenvalue weighted by Gasteiger charge is 2.39. The van der Waals surface area contributed by atoms with Gasteiger partial charge in [-0.25, -0.2) is 4.79 Å². The van der Waals surface area contributed by atoms with Crippen LogP contribution >= 0.6 is 0 Å². The molecule has 0 bridgehead atoms. The third-order valence-corrected chi connectivity index (χ3v) is 7.19. The molecule has 9 heteroatoms. The maximum atomic E-state index is 13.2. The summed E-state index contributed by atoms with van der Waals surface area (Å²) in [6.07, 6.45) is 4.03. The normalized spacial score (nSPS) is 21.5. The Hall–Kier alpha value is -2.94. The van der Waals surface area contributed by atoms with Gasteiger partial charge in [0.25, 0.3) is 5.91 Å². The molecule has 4 amide bonds. The molecule has 0 atom stereocenters. The summed E-state index contributed by atoms with van der Waals surface area (Å²) < 4.78 is 0. The number of hydrogen-bond donors (Lipinski definition) is 2. The highest BCUT2D eigenvalue weighted by atomic mass is 16.4. The summed E-state index contributed by atoms with van der Waals surface area (Å²) in [5.74, 6) is -1.11. The van der Waals surface area contributed by atoms with E-state index in [1.807, 2.05) is 22.8 Å². The van der Waals surface area contributed by atoms with E-state index < -0.39 is 12.0 Å². The van der Waals surface area contributed by atoms with Gasteiger partial charge in [-0.15, -0.1) is 0 Å². The number of carboxylic acids is 1. The fourth-order valence-corrected chi connectivity index (χ4v) is 5.07. The van der Waals surface area contributed by atoms with E-state index in [4.69, 9.17) is 5.11 Å². The van der Waals surface area contributed by atoms with Crippen LogP contribution in [0.4, 0.5) is 10.5 Å². The lowest BCUT2D eigenvalue weighted by molar-refractivity contribution is -0.139. The quantitative estimate of drug-likeness (QED) is 0.736. The summed E-state index contributed by atoms with van der Waals surface area (Å²) in [6, 6.07) is 4.93. The maximum absolute atomic E-state index is 13.2. The topological polar surface area (TPSA) is 110 Å². The predicted molar refractivity (Wildman–Crippen MR) is 118 cm³/mol. The van der Waals surface area contributed by atoms with Crippen molar-refractivity contribution in [1.29, 1.82) is 0 Å². The number of nitrogens with one attached hydrogen (secondary N) is 1. The van der Waals surface area contributed by atoms with Crippen LogP contribution in [0.25, 0.3) is 0 Å². The van der Waals surface area contributed by atoms with E-state index in [0.717, 1.165) is 44.3 Å². The Bertz CT molecular complexity index is 928. The molecular formula is C23H30N4O5. The summed E-state index contributed by atoms with van der Waals surface area (Å²) in [4.78, 5) is 53.2. The van der Waals surface area contributed by atoms with Crippen molar-refractivity contribution in [2.45, 2.75) is 39.0 Å². The van der Waals surface area contributed by atoms with E-state index in [2.05, 4.69) is 5.32 Å². The van der Waals surface area contributed by atoms with Crippen LogP contribution in [0, 0.1) is 12.3 Å². The number of rotatable bonds is 4. The summed E-state index contributed by atoms with van der Waals surface area (Å²) >= 11 is 0. The Morgan fingerprint density at radius 1 is 1.03 bits per heavy atom. The van der Waals surface area contributed by atoms with Crippen LogP contribution in [-0.2, 0) is 9.59 Å². The molecule has 1 aromatic rings. The summed E-state index contributed by atoms with van der Waals surface area (Å²) in [5.41, 5.74) is 2.27. The monoisotopic (exact) mass is 442 g/mol. The number of anilines is 1. The Balaban J connectivity index is 1.39. The van der Waals surface area contributed by atoms with Gasteiger partial charge in [-0.05, 0) is 68.8 Å². The number of imide groups is 1. The van der Waals surface area contributed by atoms with Crippen LogP contribution in [0.2, 0.25) is 0 Å². The Morgan fingerprint density at radius 3 is 2.31 bits per heavy atom. The van der Waals surface area contributed by atoms with Crippen LogP contribution in [0.5, 0.6) is 0 Å². The van der Waals surface area contributed by atoms with Crippen molar-refractivity contribution < 1.29 is 24.3 Å². The molecule has 1 spiro atoms. The smallest absolute Gasteiger partial charge is 0.328 e. The van der Waals surface area contributed by atoms with Crippen molar-refractivity contribution in [3.63, 3.8) is 0 Å². The van der Waals surface area contributed by atoms with Crippen LogP contribution < -0.4 is 10.2 Å². The largest absolute Gasteiger partial charge is 0.480 e. The molecule has 172 valence electrons. The molecule has 0 saturated carbocycles. The summed E-state index contributed by atoms with van der Waals surface area (Å²) in [6.45, 7) is 5.23. The Labute approximate surface area is 187 Å². The minimum atomic E-state index is -0.785. The number of aryl methyl sites for hydroxylation is 1. The van der Waals surface area contributed by atoms with Gasteiger partial charge in [0.05, 0.1) is 6.54 Å². The molecule has 9 nitrogen and oxygen atoms in total. The Kier molecular flexibility index (Phi) is 6.19. The number of urea groups is 1. The second kappa shape index (κ2) is 8.90. The average molecular weight is 443 g/mol. The van der Waals surface area contributed by atoms with Gasteiger partial charge < -0.3 is 10.0 Å². The molecule has 3 heterocycles. The highest BCUT2D eigenvalue weighted by molar-refractivity contribution is 6.06. The highest BCUT2D eigenvalue weighted by Crippen LogP contribution is 2.41. The van der Waals surface area contributed by atoms with Gasteiger partial charge >= 0.3 is 12.0 Å². The van der Waals surface area contributed by atoms with Crippen molar-refractivity contribution in [3.05, 3.63) is 29.3 Å². The molecule has 1 aromatic carbocycles. The van der Waals surface area contributed by atoms with Gasteiger partial charge in [0.2, 0.25) is 5.91 Å². The van der Waals surface area contributed by atoms with Gasteiger partial charge in [-0.2, -0.15) is 0 Å². The van der Waals surface area contributed by atoms with Crippen LogP contribution in [0.1, 0.15) is 48.0 Å². The van der Waals surface area contributed by atoms with E-state index in [9.17, 15) is 19.2 Å². The number of benzene rings is 1. The SMILES string of the molecule is Cc1ccc(C(=O)N2CCC3(CCN(CC(=O)O)CC3)CC2)cc1N1CCC(=O)NC1=O. The van der Waals surface area contributed by atoms with Crippen molar-refractivity contribution in [2.75, 3.05) is 44.2 Å². The van der Waals surface area contributed by atoms with E-state index in [0.29, 0.717) is 30.9 Å². The molecule has 3 saturated heterocycles. The fraction of sp³-hybridized carbons (Fsp3) is 0.565. The van der Waals surface area contributed by atoms with Crippen LogP contribution in [-0.4, -0.2) is 78.0 Å². The number of carbonyl (C=O) groups excluding carboxylic acids is 3. The van der Waals surface area contributed by atoms with Crippen molar-refractivity contribution in [1.82, 2.24) is 15.1 Å². The molecule has 0 aromatic heterocycles. The van der Waals surface area contributed by atoms with E-state index in [-0.39, 0.29) is 30.2 Å². The number of hydrogen-bond acceptors (Lipinski definition) is 5. The van der Waals surface area contributed by atoms with Crippen LogP contribution in [0.3, 0.4) is 0 Å². The number of aliphatic carboxylic acids is 1. The molecule has 0 unspecified atom stereocenters. The number of piperidine rings is 2. The number of carboxylic acid groups (broad SMARTS) is 1. The number of carbonyl (C=O) groups is 4. The van der Waals surface area contributed by atoms with Gasteiger partial charge in [0.1, 0.15) is 0 Å². The number of likely N-dealkylation sites (tertiary alicyclic amines) is 2. The van der Waals surface area contributed by atoms with Crippen molar-refractivity contribution >= 4 is 29.5 Å². The molecule has 3 fully saturated rings. The zero-order valence-electron chi connectivity index (χ0n) is 18.4. The summed E-state index contributed by atoms with van der Waals surface area (Å²) in [7, 11) is 0. The summed E-state index contributed by atoms with van der Waals surface area (Å²) in [5, 5.41) is 11.3. The maximum Gasteiger partial charge on any atom is 0.328 e. The van der Waals surface area contributed by atoms with E-state index >= 15 is 0 Å². The predicted octanol–water partition coefficient (Wildman–Crippen LogP) is 1.84. The molecule has 2 N–H and O–H groups in total. The third kappa shape index (κ3) is 4.62. The molecule has 3 aliphatic heterocycles. The second-order valence-corrected chi connectivity index (χ2v) is 9.22. The van der Waals surface area contributed by atoms with Crippen molar-refractivity contribution in [2.24, 2.45) is 5.41 Å². The zero-order valence-corrected chi connectivity index (χ0v) is 18.4. The van der Waals surface area contributed by atoms with Gasteiger partial charge in [0, 0.05) is 37.3 Å². The molecule has 32 heavy (non-hydrogen) atoms. The van der Waals surface area contributed by atoms with E-state index in [1.54, 1.807) is 12.1 Å². The van der Waals surface area contributed by atoms with Crippen LogP contribution in [0.15, 0.2) is 18.2 Å². The molecule has 4 rings (SSSR count). The third-order valence-electron chi connectivity index (χ3n) is 7.19. The molecular weight excluding hydrogens is 412 g/mol. The number of nitrogens with zero attached hydrogens (tertiary/aromatic N) is 3. The lowest BCUT2D eigenvalue weighted by Gasteiger charge is -2.46. The first-order chi connectivity index (χ1) is 15.3. The minimum absolute atomic E-state index is 0.0436. The average Bonchev–Trinajstić information content (AvgIpc) is 2.76. The first-order valence-corrected chi connectivity index (χ1v) is 11.2. The standard InChI is InChI=1S/C23H30N4O5/c1-16-2-3-17(14-18(16)27-9-4-19(28)24-22(27)32)21(31)26-12-7-23(8-13-26)5-10-25(11-6-23)15-20(29)30/h2-3,14H,4-13,15H2,1H3,(H,29,30)(H,24,28,32). The lowest BCUT2D eigenvalue weighted by Crippen LogP contribution is -2.50. The lowest BCUT2D eigenvalue weighted by atomic mass is 9.71. The van der Waals surface area contributed by atoms with Crippen molar-refractivity contribution in [3.8, 4) is 0 Å². The van der Waals surface area contributed by atoms with Gasteiger partial charge in [-0.3, -0.25) is 29.5 Å². The number of amides is 4. The Morgan fingerprint density at radius 2 is 1.69 bits per heavy atom. The fourth-order valence-electron chi connectivity index (χ4n) is 5.07. The zero-order chi connectivity index (χ0) is 22.9. The first-order valence-electron chi connectivity index (χ1n) is 11.2. The first kappa shape index (κ1) is 22.3. The molecule has 0 aliphatic carbocycles. The van der Waals surface area contributed by atoms with Gasteiger partial charge in [0.15, 0.2) is 0 Å².